The highest BCUT2D eigenvalue weighted by atomic mass is 32.1. The van der Waals surface area contributed by atoms with Crippen LogP contribution in [-0.4, -0.2) is 34.0 Å². The molecule has 0 bridgehead atoms. The molecule has 4 aromatic rings. The maximum Gasteiger partial charge on any atom is 0.331 e. The number of nitrogens with zero attached hydrogens (tertiary/aromatic N) is 3. The van der Waals surface area contributed by atoms with Crippen LogP contribution in [0.1, 0.15) is 28.9 Å². The number of carbonyl (C=O) groups excluding carboxylic acids is 2. The van der Waals surface area contributed by atoms with Crippen molar-refractivity contribution in [3.05, 3.63) is 65.8 Å². The monoisotopic (exact) mass is 470 g/mol. The van der Waals surface area contributed by atoms with Gasteiger partial charge in [-0.1, -0.05) is 18.2 Å². The van der Waals surface area contributed by atoms with Crippen molar-refractivity contribution >= 4 is 50.6 Å². The molecule has 2 aliphatic rings. The van der Waals surface area contributed by atoms with Crippen molar-refractivity contribution in [2.45, 2.75) is 31.3 Å². The van der Waals surface area contributed by atoms with Gasteiger partial charge in [0.2, 0.25) is 0 Å². The molecule has 8 nitrogen and oxygen atoms in total. The van der Waals surface area contributed by atoms with Gasteiger partial charge in [0.05, 0.1) is 28.1 Å². The fraction of sp³-hybridized carbons (Fsp3) is 0.200. The summed E-state index contributed by atoms with van der Waals surface area (Å²) in [6, 6.07) is 14.8. The van der Waals surface area contributed by atoms with Crippen molar-refractivity contribution in [3.8, 4) is 11.3 Å². The number of anilines is 3. The zero-order valence-electron chi connectivity index (χ0n) is 18.2. The van der Waals surface area contributed by atoms with E-state index in [4.69, 9.17) is 5.73 Å². The molecular formula is C25H22N6O2S. The summed E-state index contributed by atoms with van der Waals surface area (Å²) in [5.41, 5.74) is 9.76. The number of nitrogens with one attached hydrogen (secondary N) is 2. The molecule has 34 heavy (non-hydrogen) atoms. The van der Waals surface area contributed by atoms with Crippen LogP contribution in [0, 0.1) is 0 Å². The highest BCUT2D eigenvalue weighted by Gasteiger charge is 2.34. The Kier molecular flexibility index (Phi) is 5.00. The highest BCUT2D eigenvalue weighted by molar-refractivity contribution is 7.21. The van der Waals surface area contributed by atoms with Gasteiger partial charge in [-0.15, -0.1) is 11.3 Å². The molecule has 1 aliphatic carbocycles. The zero-order chi connectivity index (χ0) is 23.2. The van der Waals surface area contributed by atoms with Crippen LogP contribution < -0.4 is 21.3 Å². The van der Waals surface area contributed by atoms with Gasteiger partial charge in [0.1, 0.15) is 9.71 Å². The summed E-state index contributed by atoms with van der Waals surface area (Å²) < 4.78 is 0. The van der Waals surface area contributed by atoms with E-state index in [0.29, 0.717) is 26.8 Å². The predicted molar refractivity (Wildman–Crippen MR) is 134 cm³/mol. The molecule has 0 saturated heterocycles. The molecular weight excluding hydrogens is 448 g/mol. The second-order valence-electron chi connectivity index (χ2n) is 8.52. The van der Waals surface area contributed by atoms with Gasteiger partial charge < -0.3 is 16.4 Å². The lowest BCUT2D eigenvalue weighted by atomic mass is 10.1. The molecule has 3 amide bonds. The summed E-state index contributed by atoms with van der Waals surface area (Å²) in [5, 5.41) is 6.76. The third-order valence-electron chi connectivity index (χ3n) is 6.40. The predicted octanol–water partition coefficient (Wildman–Crippen LogP) is 4.65. The first-order valence-electron chi connectivity index (χ1n) is 11.2. The van der Waals surface area contributed by atoms with E-state index in [0.717, 1.165) is 35.9 Å². The Hall–Kier alpha value is -3.82. The van der Waals surface area contributed by atoms with E-state index < -0.39 is 0 Å². The SMILES string of the molecule is N[C@H]1CCC[C@H]1NC(=O)c1sc2nccc3c2c1NC(=O)N3c1cccc(-c2ccccn2)c1. The Labute approximate surface area is 199 Å². The minimum Gasteiger partial charge on any atom is -0.347 e. The van der Waals surface area contributed by atoms with Gasteiger partial charge in [-0.25, -0.2) is 9.78 Å². The standard InChI is InChI=1S/C25H22N6O2S/c26-16-7-4-9-18(16)29-23(32)22-21-20-19(10-12-28-24(20)34-22)31(25(33)30-21)15-6-3-5-14(13-15)17-8-1-2-11-27-17/h1-3,5-6,8,10-13,16,18H,4,7,9,26H2,(H,29,32)(H,30,33)/t16-,18+/m0/s1. The lowest BCUT2D eigenvalue weighted by molar-refractivity contribution is 0.0939. The van der Waals surface area contributed by atoms with E-state index >= 15 is 0 Å². The van der Waals surface area contributed by atoms with Crippen molar-refractivity contribution in [1.82, 2.24) is 15.3 Å². The fourth-order valence-corrected chi connectivity index (χ4v) is 5.76. The molecule has 3 aromatic heterocycles. The highest BCUT2D eigenvalue weighted by Crippen LogP contribution is 2.46. The zero-order valence-corrected chi connectivity index (χ0v) is 19.0. The molecule has 2 atom stereocenters. The largest absolute Gasteiger partial charge is 0.347 e. The molecule has 0 spiro atoms. The number of hydrogen-bond acceptors (Lipinski definition) is 6. The van der Waals surface area contributed by atoms with Crippen molar-refractivity contribution < 1.29 is 9.59 Å². The van der Waals surface area contributed by atoms with E-state index in [1.165, 1.54) is 11.3 Å². The molecule has 4 heterocycles. The van der Waals surface area contributed by atoms with Crippen LogP contribution in [0.3, 0.4) is 0 Å². The maximum absolute atomic E-state index is 13.3. The van der Waals surface area contributed by atoms with E-state index in [-0.39, 0.29) is 24.0 Å². The van der Waals surface area contributed by atoms with Crippen LogP contribution in [0.4, 0.5) is 21.9 Å². The van der Waals surface area contributed by atoms with Gasteiger partial charge in [0.25, 0.3) is 5.91 Å². The number of amides is 3. The first-order valence-corrected chi connectivity index (χ1v) is 12.0. The Bertz CT molecular complexity index is 1420. The molecule has 1 fully saturated rings. The lowest BCUT2D eigenvalue weighted by Gasteiger charge is -2.28. The third-order valence-corrected chi connectivity index (χ3v) is 7.50. The first-order chi connectivity index (χ1) is 16.6. The molecule has 1 aromatic carbocycles. The second kappa shape index (κ2) is 8.19. The summed E-state index contributed by atoms with van der Waals surface area (Å²) >= 11 is 1.28. The quantitative estimate of drug-likeness (QED) is 0.402. The number of benzene rings is 1. The van der Waals surface area contributed by atoms with Crippen molar-refractivity contribution in [2.24, 2.45) is 5.73 Å². The third kappa shape index (κ3) is 3.41. The average molecular weight is 471 g/mol. The summed E-state index contributed by atoms with van der Waals surface area (Å²) in [6.45, 7) is 0. The van der Waals surface area contributed by atoms with Gasteiger partial charge in [-0.05, 0) is 49.6 Å². The summed E-state index contributed by atoms with van der Waals surface area (Å²) in [4.78, 5) is 38.1. The van der Waals surface area contributed by atoms with Crippen LogP contribution in [0.2, 0.25) is 0 Å². The molecule has 1 aliphatic heterocycles. The van der Waals surface area contributed by atoms with Crippen LogP contribution >= 0.6 is 11.3 Å². The number of pyridine rings is 2. The number of rotatable bonds is 4. The van der Waals surface area contributed by atoms with E-state index in [2.05, 4.69) is 20.6 Å². The molecule has 0 radical (unpaired) electrons. The summed E-state index contributed by atoms with van der Waals surface area (Å²) in [7, 11) is 0. The van der Waals surface area contributed by atoms with Gasteiger partial charge in [0.15, 0.2) is 0 Å². The minimum atomic E-state index is -0.330. The fourth-order valence-electron chi connectivity index (χ4n) is 4.74. The number of thiophene rings is 1. The van der Waals surface area contributed by atoms with Gasteiger partial charge in [-0.3, -0.25) is 14.7 Å². The molecule has 4 N–H and O–H groups in total. The number of hydrogen-bond donors (Lipinski definition) is 3. The molecule has 0 unspecified atom stereocenters. The van der Waals surface area contributed by atoms with Crippen molar-refractivity contribution in [3.63, 3.8) is 0 Å². The van der Waals surface area contributed by atoms with Crippen LogP contribution in [-0.2, 0) is 0 Å². The average Bonchev–Trinajstić information content (AvgIpc) is 3.44. The van der Waals surface area contributed by atoms with Gasteiger partial charge in [-0.2, -0.15) is 0 Å². The summed E-state index contributed by atoms with van der Waals surface area (Å²) in [6.07, 6.45) is 6.17. The Balaban J connectivity index is 1.41. The molecule has 170 valence electrons. The number of urea groups is 1. The first kappa shape index (κ1) is 20.8. The van der Waals surface area contributed by atoms with Crippen molar-refractivity contribution in [2.75, 3.05) is 10.2 Å². The molecule has 9 heteroatoms. The van der Waals surface area contributed by atoms with Crippen LogP contribution in [0.25, 0.3) is 21.5 Å². The van der Waals surface area contributed by atoms with Gasteiger partial charge in [0, 0.05) is 30.0 Å². The number of carbonyl (C=O) groups is 2. The number of aromatic nitrogens is 2. The Morgan fingerprint density at radius 3 is 2.82 bits per heavy atom. The lowest BCUT2D eigenvalue weighted by Crippen LogP contribution is -2.44. The maximum atomic E-state index is 13.3. The van der Waals surface area contributed by atoms with Crippen LogP contribution in [0.15, 0.2) is 60.9 Å². The van der Waals surface area contributed by atoms with E-state index in [1.807, 2.05) is 42.5 Å². The van der Waals surface area contributed by atoms with E-state index in [1.54, 1.807) is 23.4 Å². The second-order valence-corrected chi connectivity index (χ2v) is 9.52. The number of nitrogens with two attached hydrogens (primary N) is 1. The normalized spacial score (nSPS) is 19.3. The van der Waals surface area contributed by atoms with Crippen LogP contribution in [0.5, 0.6) is 0 Å². The molecule has 1 saturated carbocycles. The summed E-state index contributed by atoms with van der Waals surface area (Å²) in [5.74, 6) is -0.225. The Morgan fingerprint density at radius 2 is 2.03 bits per heavy atom. The van der Waals surface area contributed by atoms with Crippen molar-refractivity contribution in [1.29, 1.82) is 0 Å². The Morgan fingerprint density at radius 1 is 1.12 bits per heavy atom. The smallest absolute Gasteiger partial charge is 0.331 e. The van der Waals surface area contributed by atoms with Gasteiger partial charge >= 0.3 is 6.03 Å². The minimum absolute atomic E-state index is 0.0418. The van der Waals surface area contributed by atoms with E-state index in [9.17, 15) is 9.59 Å². The molecule has 6 rings (SSSR count). The topological polar surface area (TPSA) is 113 Å².